The Kier molecular flexibility index (Phi) is 9.49. The predicted molar refractivity (Wildman–Crippen MR) is 151 cm³/mol. The Labute approximate surface area is 237 Å². The molecule has 2 aliphatic heterocycles. The molecule has 0 saturated carbocycles. The van der Waals surface area contributed by atoms with E-state index >= 15 is 0 Å². The minimum absolute atomic E-state index is 0.0300. The first-order valence-corrected chi connectivity index (χ1v) is 13.7. The quantitative estimate of drug-likeness (QED) is 0.309. The van der Waals surface area contributed by atoms with Gasteiger partial charge in [-0.1, -0.05) is 11.6 Å². The van der Waals surface area contributed by atoms with Crippen LogP contribution in [0.3, 0.4) is 0 Å². The number of alkyl halides is 3. The zero-order valence-electron chi connectivity index (χ0n) is 22.6. The number of nitrogens with two attached hydrogens (primary N) is 2. The van der Waals surface area contributed by atoms with Crippen LogP contribution in [0, 0.1) is 0 Å². The van der Waals surface area contributed by atoms with Crippen molar-refractivity contribution in [1.29, 1.82) is 0 Å². The summed E-state index contributed by atoms with van der Waals surface area (Å²) in [6, 6.07) is 11.8. The monoisotopic (exact) mass is 578 g/mol. The van der Waals surface area contributed by atoms with Crippen molar-refractivity contribution in [3.05, 3.63) is 81.9 Å². The van der Waals surface area contributed by atoms with Crippen LogP contribution < -0.4 is 31.9 Å². The number of carbonyl (C=O) groups excluding carboxylic acids is 1. The van der Waals surface area contributed by atoms with Gasteiger partial charge >= 0.3 is 12.1 Å². The number of benzene rings is 2. The molecule has 0 bridgehead atoms. The van der Waals surface area contributed by atoms with Crippen molar-refractivity contribution in [2.24, 2.45) is 5.73 Å². The smallest absolute Gasteiger partial charge is 0.384 e. The van der Waals surface area contributed by atoms with Crippen molar-refractivity contribution < 1.29 is 23.3 Å². The van der Waals surface area contributed by atoms with Gasteiger partial charge in [0.1, 0.15) is 5.82 Å². The molecule has 1 amide bonds. The number of rotatable bonds is 8. The number of anilines is 2. The Balaban J connectivity index is 1.49. The van der Waals surface area contributed by atoms with Gasteiger partial charge in [-0.15, -0.1) is 0 Å². The average molecular weight is 579 g/mol. The molecule has 0 spiro atoms. The third-order valence-corrected chi connectivity index (χ3v) is 7.54. The average Bonchev–Trinajstić information content (AvgIpc) is 2.92. The van der Waals surface area contributed by atoms with Gasteiger partial charge in [0.2, 0.25) is 0 Å². The first-order chi connectivity index (χ1) is 19.1. The molecule has 40 heavy (non-hydrogen) atoms. The lowest BCUT2D eigenvalue weighted by Crippen LogP contribution is -2.79. The third kappa shape index (κ3) is 7.21. The fraction of sp³-hybridized carbons (Fsp3) is 0.393. The van der Waals surface area contributed by atoms with Gasteiger partial charge in [-0.05, 0) is 67.9 Å². The highest BCUT2D eigenvalue weighted by molar-refractivity contribution is 6.30. The maximum atomic E-state index is 13.7. The lowest BCUT2D eigenvalue weighted by atomic mass is 10.0. The summed E-state index contributed by atoms with van der Waals surface area (Å²) in [6.45, 7) is 2.70. The predicted octanol–water partition coefficient (Wildman–Crippen LogP) is 2.80. The first-order valence-electron chi connectivity index (χ1n) is 13.3. The van der Waals surface area contributed by atoms with Crippen molar-refractivity contribution in [2.75, 3.05) is 50.5 Å². The van der Waals surface area contributed by atoms with Gasteiger partial charge in [0.05, 0.1) is 18.3 Å². The highest BCUT2D eigenvalue weighted by atomic mass is 35.5. The number of halogens is 4. The van der Waals surface area contributed by atoms with Crippen molar-refractivity contribution in [2.45, 2.75) is 31.6 Å². The van der Waals surface area contributed by atoms with E-state index < -0.39 is 11.7 Å². The van der Waals surface area contributed by atoms with E-state index in [1.54, 1.807) is 23.3 Å². The second-order valence-corrected chi connectivity index (χ2v) is 10.3. The van der Waals surface area contributed by atoms with Crippen molar-refractivity contribution in [3.63, 3.8) is 0 Å². The highest BCUT2D eigenvalue weighted by Crippen LogP contribution is 2.34. The Morgan fingerprint density at radius 3 is 2.50 bits per heavy atom. The maximum absolute atomic E-state index is 13.7. The summed E-state index contributed by atoms with van der Waals surface area (Å²) in [6.07, 6.45) is -0.778. The van der Waals surface area contributed by atoms with E-state index in [0.29, 0.717) is 36.2 Å². The van der Waals surface area contributed by atoms with E-state index in [0.717, 1.165) is 37.7 Å². The minimum atomic E-state index is -4.53. The summed E-state index contributed by atoms with van der Waals surface area (Å²) < 4.78 is 41.0. The Hall–Kier alpha value is -3.41. The number of amides is 1. The summed E-state index contributed by atoms with van der Waals surface area (Å²) in [5.74, 6) is -0.0740. The Morgan fingerprint density at radius 2 is 1.88 bits per heavy atom. The molecule has 4 rings (SSSR count). The van der Waals surface area contributed by atoms with Gasteiger partial charge < -0.3 is 36.8 Å². The molecular formula is C28H36ClF3N7O+. The van der Waals surface area contributed by atoms with Crippen LogP contribution in [-0.4, -0.2) is 57.1 Å². The van der Waals surface area contributed by atoms with Crippen molar-refractivity contribution in [1.82, 2.24) is 15.5 Å². The fourth-order valence-electron chi connectivity index (χ4n) is 5.03. The minimum Gasteiger partial charge on any atom is -0.384 e. The molecule has 12 heteroatoms. The molecule has 0 radical (unpaired) electrons. The molecule has 7 N–H and O–H groups in total. The van der Waals surface area contributed by atoms with E-state index in [4.69, 9.17) is 17.3 Å². The number of nitrogens with zero attached hydrogens (tertiary/aromatic N) is 2. The standard InChI is InChI=1S/C28H35ClF3N7O/c1-34-20-9-12-38(13-10-20)22-6-4-21(5-7-22)37-27(40)24(35-2)16-25-26(33)36-11-14-39(25)17-18-15-19(29)3-8-23(18)28(30,31)32/h3-8,15-16,20,34-36H,9-14,17,33H2,1-2H3,(H,37,40)/p+1/b24-16-. The van der Waals surface area contributed by atoms with E-state index in [9.17, 15) is 18.0 Å². The van der Waals surface area contributed by atoms with E-state index in [1.807, 2.05) is 31.3 Å². The summed E-state index contributed by atoms with van der Waals surface area (Å²) in [5, 5.41) is 11.1. The topological polar surface area (TPSA) is 102 Å². The van der Waals surface area contributed by atoms with Crippen LogP contribution >= 0.6 is 11.6 Å². The lowest BCUT2D eigenvalue weighted by molar-refractivity contribution is -0.569. The number of carbonyl (C=O) groups is 1. The number of quaternary nitrogens is 1. The van der Waals surface area contributed by atoms with Gasteiger partial charge in [0, 0.05) is 61.2 Å². The lowest BCUT2D eigenvalue weighted by Gasteiger charge is -2.33. The van der Waals surface area contributed by atoms with Gasteiger partial charge in [0.15, 0.2) is 5.70 Å². The van der Waals surface area contributed by atoms with Crippen LogP contribution in [0.4, 0.5) is 24.5 Å². The van der Waals surface area contributed by atoms with E-state index in [1.165, 1.54) is 12.1 Å². The van der Waals surface area contributed by atoms with Crippen LogP contribution in [0.2, 0.25) is 5.02 Å². The fourth-order valence-corrected chi connectivity index (χ4v) is 5.22. The number of hydrogen-bond donors (Lipinski definition) is 5. The van der Waals surface area contributed by atoms with E-state index in [-0.39, 0.29) is 28.9 Å². The zero-order chi connectivity index (χ0) is 28.9. The van der Waals surface area contributed by atoms with Crippen LogP contribution in [0.15, 0.2) is 65.8 Å². The molecule has 0 aliphatic carbocycles. The zero-order valence-corrected chi connectivity index (χ0v) is 23.4. The van der Waals surface area contributed by atoms with Gasteiger partial charge in [-0.2, -0.15) is 13.2 Å². The Morgan fingerprint density at radius 1 is 1.18 bits per heavy atom. The van der Waals surface area contributed by atoms with Crippen LogP contribution in [0.25, 0.3) is 0 Å². The van der Waals surface area contributed by atoms with Gasteiger partial charge in [0.25, 0.3) is 0 Å². The SMILES string of the molecule is CNC1CCN(c2ccc(NC(=O)/C(=C/C3=C(N)NCCN3Cc3cc(Cl)ccc3C(F)(F)F)[NH2+]C)cc2)CC1. The molecule has 2 aromatic carbocycles. The molecule has 2 heterocycles. The molecule has 216 valence electrons. The number of likely N-dealkylation sites (N-methyl/N-ethyl adjacent to an activating group) is 1. The second-order valence-electron chi connectivity index (χ2n) is 9.89. The number of piperidine rings is 1. The van der Waals surface area contributed by atoms with Crippen LogP contribution in [0.5, 0.6) is 0 Å². The molecule has 8 nitrogen and oxygen atoms in total. The molecule has 2 aliphatic rings. The summed E-state index contributed by atoms with van der Waals surface area (Å²) in [5.41, 5.74) is 7.99. The molecule has 0 aromatic heterocycles. The highest BCUT2D eigenvalue weighted by Gasteiger charge is 2.34. The maximum Gasteiger partial charge on any atom is 0.416 e. The molecular weight excluding hydrogens is 543 g/mol. The summed E-state index contributed by atoms with van der Waals surface area (Å²) >= 11 is 6.03. The van der Waals surface area contributed by atoms with Gasteiger partial charge in [-0.3, -0.25) is 4.79 Å². The molecule has 0 atom stereocenters. The summed E-state index contributed by atoms with van der Waals surface area (Å²) in [7, 11) is 3.71. The van der Waals surface area contributed by atoms with Crippen molar-refractivity contribution in [3.8, 4) is 0 Å². The molecule has 2 aromatic rings. The molecule has 1 saturated heterocycles. The molecule has 1 fully saturated rings. The number of hydrogen-bond acceptors (Lipinski definition) is 6. The number of allylic oxidation sites excluding steroid dienone is 1. The largest absolute Gasteiger partial charge is 0.416 e. The first kappa shape index (κ1) is 29.6. The molecule has 0 unspecified atom stereocenters. The summed E-state index contributed by atoms with van der Waals surface area (Å²) in [4.78, 5) is 17.2. The van der Waals surface area contributed by atoms with Crippen molar-refractivity contribution >= 4 is 28.9 Å². The Bertz CT molecular complexity index is 1260. The van der Waals surface area contributed by atoms with Crippen LogP contribution in [0.1, 0.15) is 24.0 Å². The van der Waals surface area contributed by atoms with Gasteiger partial charge in [-0.25, -0.2) is 0 Å². The van der Waals surface area contributed by atoms with Crippen LogP contribution in [-0.2, 0) is 17.5 Å². The van der Waals surface area contributed by atoms with E-state index in [2.05, 4.69) is 20.9 Å². The normalized spacial score (nSPS) is 17.2. The second kappa shape index (κ2) is 12.8. The third-order valence-electron chi connectivity index (χ3n) is 7.31. The number of nitrogens with one attached hydrogen (secondary N) is 3.